The summed E-state index contributed by atoms with van der Waals surface area (Å²) in [6, 6.07) is 10.5. The number of hydrogen-bond donors (Lipinski definition) is 2. The van der Waals surface area contributed by atoms with Crippen LogP contribution in [0.3, 0.4) is 0 Å². The smallest absolute Gasteiger partial charge is 0.221 e. The van der Waals surface area contributed by atoms with Crippen LogP contribution in [0.1, 0.15) is 35.5 Å². The van der Waals surface area contributed by atoms with Crippen LogP contribution in [0.25, 0.3) is 0 Å². The molecule has 134 valence electrons. The number of nitrogens with zero attached hydrogens (tertiary/aromatic N) is 1. The van der Waals surface area contributed by atoms with Gasteiger partial charge in [0.25, 0.3) is 0 Å². The van der Waals surface area contributed by atoms with Crippen molar-refractivity contribution in [1.29, 1.82) is 0 Å². The lowest BCUT2D eigenvalue weighted by molar-refractivity contribution is -0.123. The monoisotopic (exact) mass is 341 g/mol. The fourth-order valence-corrected chi connectivity index (χ4v) is 3.53. The van der Waals surface area contributed by atoms with E-state index in [9.17, 15) is 4.79 Å². The third-order valence-corrected chi connectivity index (χ3v) is 4.87. The van der Waals surface area contributed by atoms with Crippen LogP contribution in [0, 0.1) is 19.8 Å². The number of carbonyl (C=O) groups excluding carboxylic acids is 1. The van der Waals surface area contributed by atoms with Crippen LogP contribution < -0.4 is 11.1 Å². The highest BCUT2D eigenvalue weighted by Crippen LogP contribution is 2.21. The number of benzene rings is 1. The Bertz CT molecular complexity index is 738. The van der Waals surface area contributed by atoms with Crippen molar-refractivity contribution in [2.45, 2.75) is 39.8 Å². The Morgan fingerprint density at radius 3 is 2.92 bits per heavy atom. The molecule has 5 nitrogen and oxygen atoms in total. The molecule has 1 aliphatic heterocycles. The minimum atomic E-state index is -0.175. The molecule has 1 aromatic carbocycles. The van der Waals surface area contributed by atoms with E-state index in [-0.39, 0.29) is 11.8 Å². The maximum atomic E-state index is 11.4. The van der Waals surface area contributed by atoms with Gasteiger partial charge in [0.05, 0.1) is 5.92 Å². The maximum absolute atomic E-state index is 11.4. The number of likely N-dealkylation sites (tertiary alicyclic amines) is 1. The van der Waals surface area contributed by atoms with Crippen LogP contribution in [0.5, 0.6) is 0 Å². The fourth-order valence-electron chi connectivity index (χ4n) is 3.53. The fraction of sp³-hybridized carbons (Fsp3) is 0.450. The van der Waals surface area contributed by atoms with Gasteiger partial charge >= 0.3 is 0 Å². The van der Waals surface area contributed by atoms with Crippen LogP contribution in [-0.2, 0) is 17.9 Å². The summed E-state index contributed by atoms with van der Waals surface area (Å²) in [4.78, 5) is 13.8. The first-order chi connectivity index (χ1) is 12.0. The van der Waals surface area contributed by atoms with Crippen molar-refractivity contribution < 1.29 is 9.21 Å². The van der Waals surface area contributed by atoms with Crippen LogP contribution in [0.2, 0.25) is 0 Å². The van der Waals surface area contributed by atoms with E-state index in [2.05, 4.69) is 40.5 Å². The standard InChI is InChI=1S/C20H27N3O2/c1-14-9-18(15(2)25-14)11-22-19-7-3-5-16(10-19)12-23-8-4-6-17(13-23)20(21)24/h3,5,7,9-10,17,22H,4,6,8,11-13H2,1-2H3,(H2,21,24). The molecule has 1 amide bonds. The molecule has 2 aromatic rings. The lowest BCUT2D eigenvalue weighted by Crippen LogP contribution is -2.40. The van der Waals surface area contributed by atoms with E-state index < -0.39 is 0 Å². The number of rotatable bonds is 6. The van der Waals surface area contributed by atoms with E-state index in [4.69, 9.17) is 10.2 Å². The summed E-state index contributed by atoms with van der Waals surface area (Å²) in [5, 5.41) is 3.47. The molecule has 0 spiro atoms. The van der Waals surface area contributed by atoms with Crippen LogP contribution >= 0.6 is 0 Å². The molecular weight excluding hydrogens is 314 g/mol. The molecule has 3 rings (SSSR count). The van der Waals surface area contributed by atoms with Crippen LogP contribution in [-0.4, -0.2) is 23.9 Å². The number of anilines is 1. The summed E-state index contributed by atoms with van der Waals surface area (Å²) < 4.78 is 5.57. The second-order valence-electron chi connectivity index (χ2n) is 6.97. The number of piperidine rings is 1. The zero-order valence-corrected chi connectivity index (χ0v) is 15.0. The molecule has 1 atom stereocenters. The number of amides is 1. The third kappa shape index (κ3) is 4.63. The van der Waals surface area contributed by atoms with E-state index in [1.807, 2.05) is 13.8 Å². The van der Waals surface area contributed by atoms with Gasteiger partial charge in [-0.1, -0.05) is 12.1 Å². The van der Waals surface area contributed by atoms with Crippen molar-refractivity contribution in [3.05, 3.63) is 53.0 Å². The van der Waals surface area contributed by atoms with Gasteiger partial charge < -0.3 is 15.5 Å². The molecule has 25 heavy (non-hydrogen) atoms. The maximum Gasteiger partial charge on any atom is 0.221 e. The third-order valence-electron chi connectivity index (χ3n) is 4.87. The van der Waals surface area contributed by atoms with Gasteiger partial charge in [-0.2, -0.15) is 0 Å². The zero-order chi connectivity index (χ0) is 17.8. The first-order valence-electron chi connectivity index (χ1n) is 8.91. The van der Waals surface area contributed by atoms with Crippen molar-refractivity contribution in [3.63, 3.8) is 0 Å². The SMILES string of the molecule is Cc1cc(CNc2cccc(CN3CCCC(C(N)=O)C3)c2)c(C)o1. The summed E-state index contributed by atoms with van der Waals surface area (Å²) in [6.07, 6.45) is 1.95. The van der Waals surface area contributed by atoms with Crippen LogP contribution in [0.15, 0.2) is 34.7 Å². The molecule has 1 saturated heterocycles. The highest BCUT2D eigenvalue weighted by molar-refractivity contribution is 5.76. The zero-order valence-electron chi connectivity index (χ0n) is 15.0. The molecule has 0 aliphatic carbocycles. The molecular formula is C20H27N3O2. The Morgan fingerprint density at radius 1 is 1.36 bits per heavy atom. The molecule has 1 fully saturated rings. The summed E-state index contributed by atoms with van der Waals surface area (Å²) in [7, 11) is 0. The first-order valence-corrected chi connectivity index (χ1v) is 8.91. The normalized spacial score (nSPS) is 18.2. The van der Waals surface area contributed by atoms with E-state index in [1.54, 1.807) is 0 Å². The van der Waals surface area contributed by atoms with Crippen molar-refractivity contribution in [2.75, 3.05) is 18.4 Å². The number of hydrogen-bond acceptors (Lipinski definition) is 4. The summed E-state index contributed by atoms with van der Waals surface area (Å²) in [6.45, 7) is 7.35. The summed E-state index contributed by atoms with van der Waals surface area (Å²) in [5.41, 5.74) is 9.00. The number of furan rings is 1. The van der Waals surface area contributed by atoms with Gasteiger partial charge in [-0.3, -0.25) is 9.69 Å². The van der Waals surface area contributed by atoms with E-state index in [0.717, 1.165) is 56.2 Å². The summed E-state index contributed by atoms with van der Waals surface area (Å²) >= 11 is 0. The largest absolute Gasteiger partial charge is 0.466 e. The van der Waals surface area contributed by atoms with Crippen molar-refractivity contribution in [2.24, 2.45) is 11.7 Å². The van der Waals surface area contributed by atoms with Gasteiger partial charge in [0, 0.05) is 30.9 Å². The Kier molecular flexibility index (Phi) is 5.43. The lowest BCUT2D eigenvalue weighted by atomic mass is 9.97. The first kappa shape index (κ1) is 17.5. The van der Waals surface area contributed by atoms with Gasteiger partial charge in [-0.15, -0.1) is 0 Å². The predicted molar refractivity (Wildman–Crippen MR) is 99.1 cm³/mol. The topological polar surface area (TPSA) is 71.5 Å². The molecule has 5 heteroatoms. The average Bonchev–Trinajstić information content (AvgIpc) is 2.91. The van der Waals surface area contributed by atoms with Gasteiger partial charge in [-0.25, -0.2) is 0 Å². The van der Waals surface area contributed by atoms with Gasteiger partial charge in [-0.05, 0) is 57.0 Å². The average molecular weight is 341 g/mol. The van der Waals surface area contributed by atoms with Crippen LogP contribution in [0.4, 0.5) is 5.69 Å². The number of primary amides is 1. The van der Waals surface area contributed by atoms with Gasteiger partial charge in [0.1, 0.15) is 11.5 Å². The van der Waals surface area contributed by atoms with Gasteiger partial charge in [0.15, 0.2) is 0 Å². The highest BCUT2D eigenvalue weighted by Gasteiger charge is 2.23. The van der Waals surface area contributed by atoms with Crippen molar-refractivity contribution in [3.8, 4) is 0 Å². The van der Waals surface area contributed by atoms with E-state index in [0.29, 0.717) is 0 Å². The van der Waals surface area contributed by atoms with Crippen molar-refractivity contribution in [1.82, 2.24) is 4.90 Å². The van der Waals surface area contributed by atoms with E-state index in [1.165, 1.54) is 11.1 Å². The number of nitrogens with two attached hydrogens (primary N) is 1. The van der Waals surface area contributed by atoms with Gasteiger partial charge in [0.2, 0.25) is 5.91 Å². The van der Waals surface area contributed by atoms with Crippen molar-refractivity contribution >= 4 is 11.6 Å². The molecule has 1 aliphatic rings. The number of aryl methyl sites for hydroxylation is 2. The molecule has 0 saturated carbocycles. The second kappa shape index (κ2) is 7.74. The highest BCUT2D eigenvalue weighted by atomic mass is 16.3. The Balaban J connectivity index is 1.59. The minimum absolute atomic E-state index is 0.0117. The minimum Gasteiger partial charge on any atom is -0.466 e. The Hall–Kier alpha value is -2.27. The quantitative estimate of drug-likeness (QED) is 0.846. The molecule has 1 unspecified atom stereocenters. The lowest BCUT2D eigenvalue weighted by Gasteiger charge is -2.31. The second-order valence-corrected chi connectivity index (χ2v) is 6.97. The summed E-state index contributed by atoms with van der Waals surface area (Å²) in [5.74, 6) is 1.72. The molecule has 3 N–H and O–H groups in total. The number of carbonyl (C=O) groups is 1. The Labute approximate surface area is 149 Å². The Morgan fingerprint density at radius 2 is 2.20 bits per heavy atom. The van der Waals surface area contributed by atoms with E-state index >= 15 is 0 Å². The molecule has 0 bridgehead atoms. The molecule has 0 radical (unpaired) electrons. The molecule has 2 heterocycles. The number of nitrogens with one attached hydrogen (secondary N) is 1. The molecule has 1 aromatic heterocycles. The predicted octanol–water partition coefficient (Wildman–Crippen LogP) is 3.21.